The SMILES string of the molecule is CCCCC(C(=O)O)c1cccc(Br)c1. The topological polar surface area (TPSA) is 37.3 Å². The average molecular weight is 271 g/mol. The summed E-state index contributed by atoms with van der Waals surface area (Å²) in [6.45, 7) is 2.07. The molecule has 3 heteroatoms. The third kappa shape index (κ3) is 3.67. The van der Waals surface area contributed by atoms with Crippen LogP contribution in [0.4, 0.5) is 0 Å². The summed E-state index contributed by atoms with van der Waals surface area (Å²) in [6, 6.07) is 7.54. The van der Waals surface area contributed by atoms with Gasteiger partial charge in [0.25, 0.3) is 0 Å². The molecule has 1 aromatic rings. The standard InChI is InChI=1S/C12H15BrO2/c1-2-3-7-11(12(14)15)9-5-4-6-10(13)8-9/h4-6,8,11H,2-3,7H2,1H3,(H,14,15). The van der Waals surface area contributed by atoms with Gasteiger partial charge in [0.05, 0.1) is 5.92 Å². The summed E-state index contributed by atoms with van der Waals surface area (Å²) in [6.07, 6.45) is 2.68. The number of carboxylic acids is 1. The van der Waals surface area contributed by atoms with Crippen LogP contribution >= 0.6 is 15.9 Å². The number of rotatable bonds is 5. The first-order valence-electron chi connectivity index (χ1n) is 5.13. The number of aliphatic carboxylic acids is 1. The van der Waals surface area contributed by atoms with Crippen LogP contribution in [0.5, 0.6) is 0 Å². The molecule has 0 heterocycles. The van der Waals surface area contributed by atoms with Crippen molar-refractivity contribution in [2.75, 3.05) is 0 Å². The van der Waals surface area contributed by atoms with Gasteiger partial charge in [-0.05, 0) is 24.1 Å². The van der Waals surface area contributed by atoms with Crippen LogP contribution < -0.4 is 0 Å². The van der Waals surface area contributed by atoms with E-state index in [1.54, 1.807) is 0 Å². The van der Waals surface area contributed by atoms with Crippen molar-refractivity contribution in [2.45, 2.75) is 32.1 Å². The first-order valence-corrected chi connectivity index (χ1v) is 5.92. The number of unbranched alkanes of at least 4 members (excludes halogenated alkanes) is 1. The molecule has 1 N–H and O–H groups in total. The second kappa shape index (κ2) is 5.91. The Morgan fingerprint density at radius 2 is 2.27 bits per heavy atom. The maximum absolute atomic E-state index is 11.1. The summed E-state index contributed by atoms with van der Waals surface area (Å²) >= 11 is 3.35. The van der Waals surface area contributed by atoms with Crippen molar-refractivity contribution in [2.24, 2.45) is 0 Å². The van der Waals surface area contributed by atoms with Crippen molar-refractivity contribution in [1.29, 1.82) is 0 Å². The smallest absolute Gasteiger partial charge is 0.310 e. The molecule has 0 spiro atoms. The quantitative estimate of drug-likeness (QED) is 0.884. The summed E-state index contributed by atoms with van der Waals surface area (Å²) in [5, 5.41) is 9.13. The van der Waals surface area contributed by atoms with E-state index in [9.17, 15) is 4.79 Å². The lowest BCUT2D eigenvalue weighted by molar-refractivity contribution is -0.139. The van der Waals surface area contributed by atoms with Crippen molar-refractivity contribution in [3.8, 4) is 0 Å². The minimum absolute atomic E-state index is 0.373. The molecule has 1 atom stereocenters. The molecular weight excluding hydrogens is 256 g/mol. The summed E-state index contributed by atoms with van der Waals surface area (Å²) in [5.74, 6) is -1.11. The molecule has 0 aromatic heterocycles. The Bertz CT molecular complexity index is 336. The molecule has 0 amide bonds. The van der Waals surface area contributed by atoms with Gasteiger partial charge in [0.15, 0.2) is 0 Å². The summed E-state index contributed by atoms with van der Waals surface area (Å²) < 4.78 is 0.933. The summed E-state index contributed by atoms with van der Waals surface area (Å²) in [7, 11) is 0. The van der Waals surface area contributed by atoms with Crippen LogP contribution in [0, 0.1) is 0 Å². The van der Waals surface area contributed by atoms with Crippen LogP contribution in [-0.2, 0) is 4.79 Å². The first kappa shape index (κ1) is 12.2. The molecule has 1 rings (SSSR count). The maximum Gasteiger partial charge on any atom is 0.310 e. The van der Waals surface area contributed by atoms with E-state index in [0.717, 1.165) is 22.9 Å². The van der Waals surface area contributed by atoms with Gasteiger partial charge in [0, 0.05) is 4.47 Å². The molecule has 0 radical (unpaired) electrons. The van der Waals surface area contributed by atoms with Gasteiger partial charge in [-0.2, -0.15) is 0 Å². The van der Waals surface area contributed by atoms with Gasteiger partial charge in [-0.25, -0.2) is 0 Å². The van der Waals surface area contributed by atoms with Crippen molar-refractivity contribution >= 4 is 21.9 Å². The van der Waals surface area contributed by atoms with Crippen LogP contribution in [0.25, 0.3) is 0 Å². The normalized spacial score (nSPS) is 12.4. The second-order valence-electron chi connectivity index (χ2n) is 3.59. The molecule has 0 aliphatic heterocycles. The van der Waals surface area contributed by atoms with Crippen LogP contribution in [0.2, 0.25) is 0 Å². The van der Waals surface area contributed by atoms with E-state index >= 15 is 0 Å². The van der Waals surface area contributed by atoms with Gasteiger partial charge in [0.1, 0.15) is 0 Å². The number of benzene rings is 1. The Kier molecular flexibility index (Phi) is 4.82. The Balaban J connectivity index is 2.84. The molecule has 0 bridgehead atoms. The molecule has 0 saturated heterocycles. The van der Waals surface area contributed by atoms with Crippen LogP contribution in [0.3, 0.4) is 0 Å². The predicted octanol–water partition coefficient (Wildman–Crippen LogP) is 3.81. The Morgan fingerprint density at radius 3 is 2.80 bits per heavy atom. The number of hydrogen-bond donors (Lipinski definition) is 1. The Hall–Kier alpha value is -0.830. The molecule has 0 aliphatic rings. The predicted molar refractivity (Wildman–Crippen MR) is 64.0 cm³/mol. The van der Waals surface area contributed by atoms with Crippen molar-refractivity contribution in [3.05, 3.63) is 34.3 Å². The lowest BCUT2D eigenvalue weighted by Crippen LogP contribution is -2.11. The van der Waals surface area contributed by atoms with Crippen LogP contribution in [0.15, 0.2) is 28.7 Å². The molecule has 15 heavy (non-hydrogen) atoms. The first-order chi connectivity index (χ1) is 7.15. The van der Waals surface area contributed by atoms with Crippen LogP contribution in [0.1, 0.15) is 37.7 Å². The third-order valence-corrected chi connectivity index (χ3v) is 2.89. The lowest BCUT2D eigenvalue weighted by atomic mass is 9.94. The largest absolute Gasteiger partial charge is 0.481 e. The maximum atomic E-state index is 11.1. The number of carboxylic acid groups (broad SMARTS) is 1. The minimum atomic E-state index is -0.735. The van der Waals surface area contributed by atoms with E-state index in [-0.39, 0.29) is 5.92 Å². The molecular formula is C12H15BrO2. The highest BCUT2D eigenvalue weighted by Gasteiger charge is 2.18. The lowest BCUT2D eigenvalue weighted by Gasteiger charge is -2.12. The monoisotopic (exact) mass is 270 g/mol. The average Bonchev–Trinajstić information content (AvgIpc) is 2.18. The van der Waals surface area contributed by atoms with E-state index in [1.807, 2.05) is 24.3 Å². The highest BCUT2D eigenvalue weighted by molar-refractivity contribution is 9.10. The van der Waals surface area contributed by atoms with Crippen molar-refractivity contribution in [3.63, 3.8) is 0 Å². The van der Waals surface area contributed by atoms with Gasteiger partial charge in [0.2, 0.25) is 0 Å². The fourth-order valence-corrected chi connectivity index (χ4v) is 1.98. The molecule has 0 saturated carbocycles. The van der Waals surface area contributed by atoms with E-state index in [4.69, 9.17) is 5.11 Å². The Morgan fingerprint density at radius 1 is 1.53 bits per heavy atom. The van der Waals surface area contributed by atoms with E-state index in [0.29, 0.717) is 6.42 Å². The van der Waals surface area contributed by atoms with Crippen molar-refractivity contribution in [1.82, 2.24) is 0 Å². The molecule has 0 aliphatic carbocycles. The number of halogens is 1. The minimum Gasteiger partial charge on any atom is -0.481 e. The van der Waals surface area contributed by atoms with Crippen LogP contribution in [-0.4, -0.2) is 11.1 Å². The zero-order valence-corrected chi connectivity index (χ0v) is 10.3. The molecule has 2 nitrogen and oxygen atoms in total. The van der Waals surface area contributed by atoms with Gasteiger partial charge < -0.3 is 5.11 Å². The van der Waals surface area contributed by atoms with Gasteiger partial charge >= 0.3 is 5.97 Å². The zero-order valence-electron chi connectivity index (χ0n) is 8.74. The molecule has 1 aromatic carbocycles. The van der Waals surface area contributed by atoms with Crippen molar-refractivity contribution < 1.29 is 9.90 Å². The molecule has 0 fully saturated rings. The van der Waals surface area contributed by atoms with Gasteiger partial charge in [-0.3, -0.25) is 4.79 Å². The van der Waals surface area contributed by atoms with E-state index in [2.05, 4.69) is 22.9 Å². The third-order valence-electron chi connectivity index (χ3n) is 2.40. The van der Waals surface area contributed by atoms with Gasteiger partial charge in [-0.15, -0.1) is 0 Å². The number of carbonyl (C=O) groups is 1. The Labute approximate surface area is 98.4 Å². The second-order valence-corrected chi connectivity index (χ2v) is 4.50. The fourth-order valence-electron chi connectivity index (χ4n) is 1.56. The highest BCUT2D eigenvalue weighted by atomic mass is 79.9. The van der Waals surface area contributed by atoms with Gasteiger partial charge in [-0.1, -0.05) is 47.8 Å². The summed E-state index contributed by atoms with van der Waals surface area (Å²) in [5.41, 5.74) is 0.880. The summed E-state index contributed by atoms with van der Waals surface area (Å²) in [4.78, 5) is 11.1. The zero-order chi connectivity index (χ0) is 11.3. The van der Waals surface area contributed by atoms with E-state index in [1.165, 1.54) is 0 Å². The number of hydrogen-bond acceptors (Lipinski definition) is 1. The molecule has 82 valence electrons. The fraction of sp³-hybridized carbons (Fsp3) is 0.417. The van der Waals surface area contributed by atoms with E-state index < -0.39 is 5.97 Å². The molecule has 1 unspecified atom stereocenters. The highest BCUT2D eigenvalue weighted by Crippen LogP contribution is 2.24.